The van der Waals surface area contributed by atoms with Crippen molar-refractivity contribution in [3.8, 4) is 0 Å². The second kappa shape index (κ2) is 4.13. The fourth-order valence-electron chi connectivity index (χ4n) is 2.78. The maximum Gasteiger partial charge on any atom is 0.0532 e. The van der Waals surface area contributed by atoms with Crippen LogP contribution in [0.2, 0.25) is 5.02 Å². The van der Waals surface area contributed by atoms with E-state index < -0.39 is 0 Å². The van der Waals surface area contributed by atoms with Crippen molar-refractivity contribution in [1.29, 1.82) is 0 Å². The normalized spacial score (nSPS) is 27.1. The molecule has 0 spiro atoms. The van der Waals surface area contributed by atoms with Crippen LogP contribution in [0.3, 0.4) is 0 Å². The highest BCUT2D eigenvalue weighted by molar-refractivity contribution is 7.98. The lowest BCUT2D eigenvalue weighted by atomic mass is 9.90. The van der Waals surface area contributed by atoms with Gasteiger partial charge in [-0.05, 0) is 31.4 Å². The summed E-state index contributed by atoms with van der Waals surface area (Å²) in [6.45, 7) is 2.15. The Bertz CT molecular complexity index is 422. The van der Waals surface area contributed by atoms with E-state index in [1.165, 1.54) is 22.6 Å². The van der Waals surface area contributed by atoms with Crippen LogP contribution < -0.4 is 10.6 Å². The lowest BCUT2D eigenvalue weighted by Gasteiger charge is -2.26. The Morgan fingerprint density at radius 2 is 2.31 bits per heavy atom. The van der Waals surface area contributed by atoms with Gasteiger partial charge < -0.3 is 10.6 Å². The molecule has 2 atom stereocenters. The van der Waals surface area contributed by atoms with E-state index in [2.05, 4.69) is 23.0 Å². The minimum Gasteiger partial charge on any atom is -0.380 e. The summed E-state index contributed by atoms with van der Waals surface area (Å²) in [4.78, 5) is 1.31. The van der Waals surface area contributed by atoms with Crippen LogP contribution in [-0.4, -0.2) is 25.4 Å². The third-order valence-corrected chi connectivity index (χ3v) is 4.67. The summed E-state index contributed by atoms with van der Waals surface area (Å²) in [6.07, 6.45) is 3.30. The monoisotopic (exact) mass is 254 g/mol. The molecule has 1 saturated heterocycles. The molecule has 2 heterocycles. The maximum atomic E-state index is 6.34. The second-order valence-electron chi connectivity index (χ2n) is 4.39. The average Bonchev–Trinajstić information content (AvgIpc) is 2.69. The van der Waals surface area contributed by atoms with Gasteiger partial charge in [0.2, 0.25) is 0 Å². The molecule has 1 fully saturated rings. The number of rotatable bonds is 1. The summed E-state index contributed by atoms with van der Waals surface area (Å²) in [5.74, 6) is 0.545. The molecule has 0 bridgehead atoms. The van der Waals surface area contributed by atoms with Crippen LogP contribution in [-0.2, 0) is 0 Å². The van der Waals surface area contributed by atoms with Crippen molar-refractivity contribution in [3.63, 3.8) is 0 Å². The number of piperidine rings is 1. The van der Waals surface area contributed by atoms with Gasteiger partial charge in [-0.2, -0.15) is 0 Å². The van der Waals surface area contributed by atoms with Gasteiger partial charge in [-0.3, -0.25) is 0 Å². The van der Waals surface area contributed by atoms with Crippen LogP contribution in [0.5, 0.6) is 0 Å². The molecular formula is C12H15ClN2S. The molecule has 0 aromatic heterocycles. The third kappa shape index (κ3) is 1.53. The predicted octanol–water partition coefficient (Wildman–Crippen LogP) is 2.93. The van der Waals surface area contributed by atoms with E-state index in [1.54, 1.807) is 11.8 Å². The van der Waals surface area contributed by atoms with Crippen molar-refractivity contribution in [3.05, 3.63) is 22.7 Å². The first-order chi connectivity index (χ1) is 7.81. The summed E-state index contributed by atoms with van der Waals surface area (Å²) >= 11 is 8.13. The highest BCUT2D eigenvalue weighted by Gasteiger charge is 2.36. The standard InChI is InChI=1S/C12H15ClN2S/c1-16-10-3-2-8(13)11-7-6-14-5-4-9(7)15-12(10)11/h2-3,7,9,14-15H,4-6H2,1H3. The largest absolute Gasteiger partial charge is 0.380 e. The summed E-state index contributed by atoms with van der Waals surface area (Å²) in [5, 5.41) is 8.02. The van der Waals surface area contributed by atoms with Crippen molar-refractivity contribution in [2.45, 2.75) is 23.3 Å². The van der Waals surface area contributed by atoms with Crippen molar-refractivity contribution in [1.82, 2.24) is 5.32 Å². The summed E-state index contributed by atoms with van der Waals surface area (Å²) in [5.41, 5.74) is 2.60. The van der Waals surface area contributed by atoms with Gasteiger partial charge in [0.05, 0.1) is 5.69 Å². The van der Waals surface area contributed by atoms with Gasteiger partial charge in [0.15, 0.2) is 0 Å². The maximum absolute atomic E-state index is 6.34. The number of hydrogen-bond acceptors (Lipinski definition) is 3. The first-order valence-electron chi connectivity index (χ1n) is 5.65. The van der Waals surface area contributed by atoms with Gasteiger partial charge in [-0.25, -0.2) is 0 Å². The highest BCUT2D eigenvalue weighted by Crippen LogP contribution is 2.46. The van der Waals surface area contributed by atoms with E-state index >= 15 is 0 Å². The third-order valence-electron chi connectivity index (χ3n) is 3.56. The van der Waals surface area contributed by atoms with Crippen molar-refractivity contribution in [2.75, 3.05) is 24.7 Å². The molecule has 0 aliphatic carbocycles. The molecule has 0 radical (unpaired) electrons. The quantitative estimate of drug-likeness (QED) is 0.754. The number of hydrogen-bond donors (Lipinski definition) is 2. The first-order valence-corrected chi connectivity index (χ1v) is 7.25. The molecule has 0 amide bonds. The second-order valence-corrected chi connectivity index (χ2v) is 5.64. The molecular weight excluding hydrogens is 240 g/mol. The fraction of sp³-hybridized carbons (Fsp3) is 0.500. The van der Waals surface area contributed by atoms with Crippen LogP contribution >= 0.6 is 23.4 Å². The van der Waals surface area contributed by atoms with Gasteiger partial charge in [0.25, 0.3) is 0 Å². The van der Waals surface area contributed by atoms with E-state index in [-0.39, 0.29) is 0 Å². The predicted molar refractivity (Wildman–Crippen MR) is 70.9 cm³/mol. The summed E-state index contributed by atoms with van der Waals surface area (Å²) in [6, 6.07) is 4.72. The molecule has 2 N–H and O–H groups in total. The number of benzene rings is 1. The van der Waals surface area contributed by atoms with E-state index in [1.807, 2.05) is 6.07 Å². The molecule has 2 nitrogen and oxygen atoms in total. The number of anilines is 1. The number of nitrogens with one attached hydrogen (secondary N) is 2. The van der Waals surface area contributed by atoms with Crippen molar-refractivity contribution in [2.24, 2.45) is 0 Å². The van der Waals surface area contributed by atoms with Gasteiger partial charge in [-0.1, -0.05) is 11.6 Å². The van der Waals surface area contributed by atoms with Gasteiger partial charge >= 0.3 is 0 Å². The van der Waals surface area contributed by atoms with Crippen LogP contribution in [0.1, 0.15) is 17.9 Å². The zero-order valence-corrected chi connectivity index (χ0v) is 10.8. The summed E-state index contributed by atoms with van der Waals surface area (Å²) in [7, 11) is 0. The highest BCUT2D eigenvalue weighted by atomic mass is 35.5. The molecule has 0 saturated carbocycles. The van der Waals surface area contributed by atoms with Crippen LogP contribution in [0.4, 0.5) is 5.69 Å². The minimum atomic E-state index is 0.545. The fourth-order valence-corrected chi connectivity index (χ4v) is 3.65. The average molecular weight is 255 g/mol. The van der Waals surface area contributed by atoms with Crippen LogP contribution in [0, 0.1) is 0 Å². The lowest BCUT2D eigenvalue weighted by molar-refractivity contribution is 0.440. The smallest absolute Gasteiger partial charge is 0.0532 e. The van der Waals surface area contributed by atoms with Crippen LogP contribution in [0.15, 0.2) is 17.0 Å². The Balaban J connectivity index is 2.09. The molecule has 1 aromatic rings. The Morgan fingerprint density at radius 1 is 1.44 bits per heavy atom. The van der Waals surface area contributed by atoms with Crippen molar-refractivity contribution < 1.29 is 0 Å². The van der Waals surface area contributed by atoms with E-state index in [0.29, 0.717) is 12.0 Å². The minimum absolute atomic E-state index is 0.545. The Morgan fingerprint density at radius 3 is 3.12 bits per heavy atom. The topological polar surface area (TPSA) is 24.1 Å². The number of thioether (sulfide) groups is 1. The molecule has 16 heavy (non-hydrogen) atoms. The van der Waals surface area contributed by atoms with E-state index in [4.69, 9.17) is 11.6 Å². The zero-order chi connectivity index (χ0) is 11.1. The molecule has 3 rings (SSSR count). The van der Waals surface area contributed by atoms with Gasteiger partial charge in [-0.15, -0.1) is 11.8 Å². The molecule has 4 heteroatoms. The zero-order valence-electron chi connectivity index (χ0n) is 9.22. The Hall–Kier alpha value is -0.380. The number of fused-ring (bicyclic) bond motifs is 3. The lowest BCUT2D eigenvalue weighted by Crippen LogP contribution is -2.38. The molecule has 2 unspecified atom stereocenters. The van der Waals surface area contributed by atoms with Gasteiger partial charge in [0.1, 0.15) is 0 Å². The molecule has 1 aromatic carbocycles. The molecule has 2 aliphatic heterocycles. The molecule has 86 valence electrons. The molecule has 2 aliphatic rings. The SMILES string of the molecule is CSc1ccc(Cl)c2c1NC1CCNCC21. The summed E-state index contributed by atoms with van der Waals surface area (Å²) < 4.78 is 0. The van der Waals surface area contributed by atoms with Crippen molar-refractivity contribution >= 4 is 29.1 Å². The van der Waals surface area contributed by atoms with E-state index in [0.717, 1.165) is 18.1 Å². The Kier molecular flexibility index (Phi) is 2.78. The Labute approximate surface area is 105 Å². The number of halogens is 1. The van der Waals surface area contributed by atoms with Gasteiger partial charge in [0, 0.05) is 34.0 Å². The van der Waals surface area contributed by atoms with E-state index in [9.17, 15) is 0 Å². The van der Waals surface area contributed by atoms with Crippen LogP contribution in [0.25, 0.3) is 0 Å². The first kappa shape index (κ1) is 10.8.